The average Bonchev–Trinajstić information content (AvgIpc) is 3.25. The van der Waals surface area contributed by atoms with Crippen LogP contribution >= 0.6 is 0 Å². The Labute approximate surface area is 207 Å². The molecule has 2 unspecified atom stereocenters. The maximum Gasteiger partial charge on any atom is 0.243 e. The van der Waals surface area contributed by atoms with Crippen LogP contribution in [0.2, 0.25) is 0 Å². The number of morpholine rings is 1. The molecule has 1 aliphatic rings. The number of aromatic nitrogens is 1. The van der Waals surface area contributed by atoms with Crippen molar-refractivity contribution in [3.8, 4) is 0 Å². The van der Waals surface area contributed by atoms with E-state index >= 15 is 0 Å². The molecule has 0 aliphatic carbocycles. The Bertz CT molecular complexity index is 1160. The van der Waals surface area contributed by atoms with E-state index in [0.717, 1.165) is 48.3 Å². The molecule has 1 aromatic heterocycles. The number of para-hydroxylation sites is 1. The fourth-order valence-electron chi connectivity index (χ4n) is 4.51. The third-order valence-corrected chi connectivity index (χ3v) is 6.45. The Hall–Kier alpha value is -3.16. The molecule has 2 amide bonds. The number of benzene rings is 2. The van der Waals surface area contributed by atoms with Gasteiger partial charge in [0.25, 0.3) is 0 Å². The number of nitrogens with zero attached hydrogens (tertiary/aromatic N) is 1. The van der Waals surface area contributed by atoms with Crippen LogP contribution in [0.1, 0.15) is 37.5 Å². The van der Waals surface area contributed by atoms with Crippen molar-refractivity contribution >= 4 is 22.7 Å². The number of hydrogen-bond acceptors (Lipinski definition) is 4. The molecule has 35 heavy (non-hydrogen) atoms. The zero-order valence-electron chi connectivity index (χ0n) is 20.8. The third kappa shape index (κ3) is 6.71. The molecule has 0 bridgehead atoms. The molecule has 3 aromatic rings. The zero-order chi connectivity index (χ0) is 24.8. The van der Waals surface area contributed by atoms with Gasteiger partial charge in [-0.25, -0.2) is 0 Å². The molecule has 7 heteroatoms. The van der Waals surface area contributed by atoms with Crippen LogP contribution in [0.3, 0.4) is 0 Å². The van der Waals surface area contributed by atoms with E-state index in [0.29, 0.717) is 13.0 Å². The summed E-state index contributed by atoms with van der Waals surface area (Å²) in [4.78, 5) is 31.3. The van der Waals surface area contributed by atoms with Gasteiger partial charge in [-0.15, -0.1) is 0 Å². The van der Waals surface area contributed by atoms with Crippen LogP contribution in [0.25, 0.3) is 10.9 Å². The SMILES string of the molecule is CC1CN(Cc2cccc(CNC(=O)C(Cc3c[nH]c4ccccc34)NC(=O)C(C)C)c2)CCO1. The Kier molecular flexibility index (Phi) is 8.21. The highest BCUT2D eigenvalue weighted by atomic mass is 16.5. The average molecular weight is 477 g/mol. The van der Waals surface area contributed by atoms with Gasteiger partial charge in [-0.3, -0.25) is 14.5 Å². The van der Waals surface area contributed by atoms with Gasteiger partial charge in [0.15, 0.2) is 0 Å². The second-order valence-corrected chi connectivity index (χ2v) is 9.73. The van der Waals surface area contributed by atoms with Gasteiger partial charge in [0, 0.05) is 55.6 Å². The van der Waals surface area contributed by atoms with Crippen LogP contribution in [0.5, 0.6) is 0 Å². The normalized spacial score (nSPS) is 17.4. The molecule has 2 heterocycles. The van der Waals surface area contributed by atoms with Crippen molar-refractivity contribution in [3.63, 3.8) is 0 Å². The van der Waals surface area contributed by atoms with Gasteiger partial charge in [-0.2, -0.15) is 0 Å². The topological polar surface area (TPSA) is 86.5 Å². The highest BCUT2D eigenvalue weighted by Crippen LogP contribution is 2.19. The summed E-state index contributed by atoms with van der Waals surface area (Å²) < 4.78 is 5.64. The van der Waals surface area contributed by atoms with Gasteiger partial charge in [0.2, 0.25) is 11.8 Å². The van der Waals surface area contributed by atoms with Crippen LogP contribution in [-0.2, 0) is 33.8 Å². The number of fused-ring (bicyclic) bond motifs is 1. The number of carbonyl (C=O) groups excluding carboxylic acids is 2. The second-order valence-electron chi connectivity index (χ2n) is 9.73. The van der Waals surface area contributed by atoms with Crippen molar-refractivity contribution in [2.75, 3.05) is 19.7 Å². The number of hydrogen-bond donors (Lipinski definition) is 3. The number of amides is 2. The highest BCUT2D eigenvalue weighted by molar-refractivity contribution is 5.90. The van der Waals surface area contributed by atoms with Crippen molar-refractivity contribution in [3.05, 3.63) is 71.4 Å². The lowest BCUT2D eigenvalue weighted by atomic mass is 10.0. The molecule has 4 rings (SSSR count). The number of ether oxygens (including phenoxy) is 1. The molecular weight excluding hydrogens is 440 g/mol. The maximum atomic E-state index is 13.2. The van der Waals surface area contributed by atoms with E-state index in [9.17, 15) is 9.59 Å². The van der Waals surface area contributed by atoms with Crippen LogP contribution < -0.4 is 10.6 Å². The summed E-state index contributed by atoms with van der Waals surface area (Å²) in [6.07, 6.45) is 2.59. The zero-order valence-corrected chi connectivity index (χ0v) is 20.8. The highest BCUT2D eigenvalue weighted by Gasteiger charge is 2.24. The minimum Gasteiger partial charge on any atom is -0.376 e. The van der Waals surface area contributed by atoms with Crippen molar-refractivity contribution < 1.29 is 14.3 Å². The van der Waals surface area contributed by atoms with Crippen molar-refractivity contribution in [1.29, 1.82) is 0 Å². The summed E-state index contributed by atoms with van der Waals surface area (Å²) in [5.41, 5.74) is 4.28. The Balaban J connectivity index is 1.41. The fourth-order valence-corrected chi connectivity index (χ4v) is 4.51. The van der Waals surface area contributed by atoms with Crippen LogP contribution in [-0.4, -0.2) is 53.5 Å². The largest absolute Gasteiger partial charge is 0.376 e. The predicted molar refractivity (Wildman–Crippen MR) is 138 cm³/mol. The van der Waals surface area contributed by atoms with Crippen molar-refractivity contribution in [2.45, 2.75) is 52.4 Å². The van der Waals surface area contributed by atoms with E-state index < -0.39 is 6.04 Å². The molecule has 0 radical (unpaired) electrons. The molecule has 0 saturated carbocycles. The van der Waals surface area contributed by atoms with E-state index in [-0.39, 0.29) is 23.8 Å². The summed E-state index contributed by atoms with van der Waals surface area (Å²) in [7, 11) is 0. The first-order chi connectivity index (χ1) is 16.9. The standard InChI is InChI=1S/C28H36N4O3/c1-19(2)27(33)31-26(14-23-16-29-25-10-5-4-9-24(23)25)28(34)30-15-21-7-6-8-22(13-21)18-32-11-12-35-20(3)17-32/h4-10,13,16,19-20,26,29H,11-12,14-15,17-18H2,1-3H3,(H,30,34)(H,31,33). The summed E-state index contributed by atoms with van der Waals surface area (Å²) in [5.74, 6) is -0.517. The summed E-state index contributed by atoms with van der Waals surface area (Å²) in [6, 6.07) is 15.6. The van der Waals surface area contributed by atoms with Gasteiger partial charge < -0.3 is 20.4 Å². The number of nitrogens with one attached hydrogen (secondary N) is 3. The number of H-pyrrole nitrogens is 1. The Morgan fingerprint density at radius 1 is 1.11 bits per heavy atom. The van der Waals surface area contributed by atoms with Crippen LogP contribution in [0, 0.1) is 5.92 Å². The first kappa shape index (κ1) is 24.9. The predicted octanol–water partition coefficient (Wildman–Crippen LogP) is 3.39. The van der Waals surface area contributed by atoms with Crippen LogP contribution in [0.4, 0.5) is 0 Å². The molecule has 2 aromatic carbocycles. The number of carbonyl (C=O) groups is 2. The van der Waals surface area contributed by atoms with E-state index in [1.165, 1.54) is 5.56 Å². The molecule has 0 spiro atoms. The third-order valence-electron chi connectivity index (χ3n) is 6.45. The molecule has 1 fully saturated rings. The smallest absolute Gasteiger partial charge is 0.243 e. The summed E-state index contributed by atoms with van der Waals surface area (Å²) in [5, 5.41) is 7.05. The van der Waals surface area contributed by atoms with Gasteiger partial charge in [0.05, 0.1) is 12.7 Å². The summed E-state index contributed by atoms with van der Waals surface area (Å²) in [6.45, 7) is 9.65. The minimum absolute atomic E-state index is 0.133. The molecule has 2 atom stereocenters. The number of aromatic amines is 1. The van der Waals surface area contributed by atoms with Gasteiger partial charge >= 0.3 is 0 Å². The molecule has 7 nitrogen and oxygen atoms in total. The first-order valence-electron chi connectivity index (χ1n) is 12.4. The molecular formula is C28H36N4O3. The van der Waals surface area contributed by atoms with Gasteiger partial charge in [0.1, 0.15) is 6.04 Å². The van der Waals surface area contributed by atoms with Gasteiger partial charge in [-0.1, -0.05) is 56.3 Å². The maximum absolute atomic E-state index is 13.2. The Morgan fingerprint density at radius 3 is 2.71 bits per heavy atom. The first-order valence-corrected chi connectivity index (χ1v) is 12.4. The molecule has 1 aliphatic heterocycles. The second kappa shape index (κ2) is 11.5. The van der Waals surface area contributed by atoms with Crippen LogP contribution in [0.15, 0.2) is 54.7 Å². The van der Waals surface area contributed by atoms with Gasteiger partial charge in [-0.05, 0) is 29.7 Å². The Morgan fingerprint density at radius 2 is 1.91 bits per heavy atom. The summed E-state index contributed by atoms with van der Waals surface area (Å²) >= 11 is 0. The van der Waals surface area contributed by atoms with Crippen molar-refractivity contribution in [1.82, 2.24) is 20.5 Å². The molecule has 186 valence electrons. The van der Waals surface area contributed by atoms with E-state index in [1.54, 1.807) is 0 Å². The number of rotatable bonds is 9. The lowest BCUT2D eigenvalue weighted by Crippen LogP contribution is -2.48. The molecule has 1 saturated heterocycles. The van der Waals surface area contributed by atoms with E-state index in [4.69, 9.17) is 4.74 Å². The van der Waals surface area contributed by atoms with E-state index in [1.807, 2.05) is 56.4 Å². The quantitative estimate of drug-likeness (QED) is 0.442. The lowest BCUT2D eigenvalue weighted by Gasteiger charge is -2.31. The lowest BCUT2D eigenvalue weighted by molar-refractivity contribution is -0.130. The van der Waals surface area contributed by atoms with E-state index in [2.05, 4.69) is 39.6 Å². The monoisotopic (exact) mass is 476 g/mol. The van der Waals surface area contributed by atoms with Crippen molar-refractivity contribution in [2.24, 2.45) is 5.92 Å². The minimum atomic E-state index is -0.651. The molecule has 3 N–H and O–H groups in total. The fraction of sp³-hybridized carbons (Fsp3) is 0.429.